The minimum absolute atomic E-state index is 0.0707. The van der Waals surface area contributed by atoms with E-state index in [9.17, 15) is 9.59 Å². The highest BCUT2D eigenvalue weighted by atomic mass is 16.7. The van der Waals surface area contributed by atoms with Gasteiger partial charge in [0.15, 0.2) is 18.3 Å². The summed E-state index contributed by atoms with van der Waals surface area (Å²) in [6, 6.07) is 0. The van der Waals surface area contributed by atoms with Crippen LogP contribution in [-0.4, -0.2) is 49.3 Å². The summed E-state index contributed by atoms with van der Waals surface area (Å²) in [7, 11) is 0. The molecular weight excluding hydrogens is 268 g/mol. The molecule has 0 aliphatic carbocycles. The highest BCUT2D eigenvalue weighted by molar-refractivity contribution is 5.83. The van der Waals surface area contributed by atoms with Gasteiger partial charge in [0.2, 0.25) is 0 Å². The second-order valence-corrected chi connectivity index (χ2v) is 3.17. The van der Waals surface area contributed by atoms with Gasteiger partial charge in [-0.2, -0.15) is 5.10 Å². The normalized spacial score (nSPS) is 10.2. The van der Waals surface area contributed by atoms with Gasteiger partial charge in [0.25, 0.3) is 0 Å². The van der Waals surface area contributed by atoms with E-state index in [2.05, 4.69) is 14.6 Å². The van der Waals surface area contributed by atoms with Gasteiger partial charge in [-0.05, 0) is 13.8 Å². The first kappa shape index (κ1) is 20.4. The molecule has 4 N–H and O–H groups in total. The molecule has 0 aliphatic heterocycles. The van der Waals surface area contributed by atoms with E-state index in [-0.39, 0.29) is 38.2 Å². The summed E-state index contributed by atoms with van der Waals surface area (Å²) in [5, 5.41) is 4.33. The SMILES string of the molecule is CC.CCOC(=O)OCN(N)/C(COCC(C)=O)=N\N. The summed E-state index contributed by atoms with van der Waals surface area (Å²) in [4.78, 5) is 21.5. The second-order valence-electron chi connectivity index (χ2n) is 3.17. The number of ether oxygens (including phenoxy) is 3. The molecule has 118 valence electrons. The molecule has 0 atom stereocenters. The Morgan fingerprint density at radius 3 is 2.25 bits per heavy atom. The molecule has 0 aromatic rings. The maximum atomic E-state index is 10.9. The summed E-state index contributed by atoms with van der Waals surface area (Å²) < 4.78 is 14.1. The molecule has 0 heterocycles. The van der Waals surface area contributed by atoms with E-state index in [0.29, 0.717) is 0 Å². The number of rotatable bonds is 7. The number of Topliss-reactive ketones (excluding diaryl/α,β-unsaturated/α-hetero) is 1. The number of ketones is 1. The Labute approximate surface area is 118 Å². The van der Waals surface area contributed by atoms with Crippen LogP contribution in [0.4, 0.5) is 4.79 Å². The number of carbonyl (C=O) groups is 2. The van der Waals surface area contributed by atoms with E-state index < -0.39 is 6.16 Å². The molecule has 0 spiro atoms. The summed E-state index contributed by atoms with van der Waals surface area (Å²) in [5.41, 5.74) is 0. The minimum atomic E-state index is -0.853. The van der Waals surface area contributed by atoms with Crippen LogP contribution >= 0.6 is 0 Å². The molecule has 0 unspecified atom stereocenters. The predicted octanol–water partition coefficient (Wildman–Crippen LogP) is 0.197. The fourth-order valence-corrected chi connectivity index (χ4v) is 0.837. The van der Waals surface area contributed by atoms with Crippen LogP contribution in [0.2, 0.25) is 0 Å². The van der Waals surface area contributed by atoms with Gasteiger partial charge >= 0.3 is 6.16 Å². The molecule has 20 heavy (non-hydrogen) atoms. The topological polar surface area (TPSA) is 129 Å². The Hall–Kier alpha value is -1.87. The number of hydrogen-bond donors (Lipinski definition) is 2. The Morgan fingerprint density at radius 2 is 1.80 bits per heavy atom. The molecule has 0 aromatic carbocycles. The van der Waals surface area contributed by atoms with Gasteiger partial charge < -0.3 is 20.1 Å². The largest absolute Gasteiger partial charge is 0.510 e. The first-order chi connectivity index (χ1) is 9.51. The van der Waals surface area contributed by atoms with Crippen molar-refractivity contribution in [3.8, 4) is 0 Å². The van der Waals surface area contributed by atoms with Crippen molar-refractivity contribution in [3.05, 3.63) is 0 Å². The van der Waals surface area contributed by atoms with Crippen molar-refractivity contribution >= 4 is 17.8 Å². The van der Waals surface area contributed by atoms with Gasteiger partial charge in [0.05, 0.1) is 6.61 Å². The van der Waals surface area contributed by atoms with Crippen LogP contribution in [0.3, 0.4) is 0 Å². The third-order valence-electron chi connectivity index (χ3n) is 1.60. The summed E-state index contributed by atoms with van der Waals surface area (Å²) >= 11 is 0. The average molecular weight is 292 g/mol. The van der Waals surface area contributed by atoms with Gasteiger partial charge in [0.1, 0.15) is 13.2 Å². The van der Waals surface area contributed by atoms with Crippen LogP contribution < -0.4 is 11.7 Å². The van der Waals surface area contributed by atoms with Gasteiger partial charge in [-0.3, -0.25) is 9.80 Å². The molecule has 0 bridgehead atoms. The third kappa shape index (κ3) is 11.2. The van der Waals surface area contributed by atoms with Crippen molar-refractivity contribution in [2.24, 2.45) is 16.8 Å². The zero-order chi connectivity index (χ0) is 16.0. The van der Waals surface area contributed by atoms with E-state index in [4.69, 9.17) is 16.4 Å². The highest BCUT2D eigenvalue weighted by Crippen LogP contribution is 1.91. The number of hydrogen-bond acceptors (Lipinski definition) is 8. The molecule has 0 amide bonds. The summed E-state index contributed by atoms with van der Waals surface area (Å²) in [6.07, 6.45) is -0.853. The molecule has 0 radical (unpaired) electrons. The zero-order valence-electron chi connectivity index (χ0n) is 12.4. The van der Waals surface area contributed by atoms with Crippen molar-refractivity contribution in [2.75, 3.05) is 26.6 Å². The first-order valence-electron chi connectivity index (χ1n) is 6.17. The minimum Gasteiger partial charge on any atom is -0.435 e. The molecule has 9 heteroatoms. The standard InChI is InChI=1S/C9H18N4O5.C2H6/c1-3-17-9(15)18-6-13(11)8(12-10)5-16-4-7(2)14;1-2/h3-6,10-11H2,1-2H3;1-2H3/b12-8-;. The molecule has 0 saturated heterocycles. The lowest BCUT2D eigenvalue weighted by Gasteiger charge is -2.18. The molecule has 0 rings (SSSR count). The van der Waals surface area contributed by atoms with E-state index in [0.717, 1.165) is 5.01 Å². The molecule has 0 saturated carbocycles. The van der Waals surface area contributed by atoms with Crippen molar-refractivity contribution in [1.82, 2.24) is 5.01 Å². The molecular formula is C11H24N4O5. The van der Waals surface area contributed by atoms with Gasteiger partial charge in [-0.25, -0.2) is 10.6 Å². The smallest absolute Gasteiger partial charge is 0.435 e. The van der Waals surface area contributed by atoms with Crippen LogP contribution in [0.25, 0.3) is 0 Å². The summed E-state index contributed by atoms with van der Waals surface area (Å²) in [6.45, 7) is 6.78. The predicted molar refractivity (Wildman–Crippen MR) is 73.5 cm³/mol. The van der Waals surface area contributed by atoms with Crippen molar-refractivity contribution < 1.29 is 23.8 Å². The maximum absolute atomic E-state index is 10.9. The van der Waals surface area contributed by atoms with Crippen LogP contribution in [0.15, 0.2) is 5.10 Å². The van der Waals surface area contributed by atoms with E-state index in [1.165, 1.54) is 6.92 Å². The second kappa shape index (κ2) is 13.6. The van der Waals surface area contributed by atoms with Crippen LogP contribution in [0, 0.1) is 0 Å². The highest BCUT2D eigenvalue weighted by Gasteiger charge is 2.11. The Morgan fingerprint density at radius 1 is 1.20 bits per heavy atom. The summed E-state index contributed by atoms with van der Waals surface area (Å²) in [5.74, 6) is 10.6. The van der Waals surface area contributed by atoms with E-state index >= 15 is 0 Å². The molecule has 0 aromatic heterocycles. The van der Waals surface area contributed by atoms with Gasteiger partial charge in [-0.15, -0.1) is 0 Å². The number of amidine groups is 1. The number of nitrogens with zero attached hydrogens (tertiary/aromatic N) is 2. The van der Waals surface area contributed by atoms with Crippen molar-refractivity contribution in [1.29, 1.82) is 0 Å². The Bertz CT molecular complexity index is 309. The monoisotopic (exact) mass is 292 g/mol. The van der Waals surface area contributed by atoms with Gasteiger partial charge in [0, 0.05) is 0 Å². The van der Waals surface area contributed by atoms with Crippen LogP contribution in [0.5, 0.6) is 0 Å². The number of hydrazine groups is 1. The van der Waals surface area contributed by atoms with Crippen LogP contribution in [-0.2, 0) is 19.0 Å². The quantitative estimate of drug-likeness (QED) is 0.170. The van der Waals surface area contributed by atoms with E-state index in [1.54, 1.807) is 6.92 Å². The van der Waals surface area contributed by atoms with Crippen molar-refractivity contribution in [2.45, 2.75) is 27.7 Å². The lowest BCUT2D eigenvalue weighted by molar-refractivity contribution is -0.120. The van der Waals surface area contributed by atoms with Gasteiger partial charge in [-0.1, -0.05) is 13.8 Å². The molecule has 9 nitrogen and oxygen atoms in total. The lowest BCUT2D eigenvalue weighted by atomic mass is 10.5. The number of carbonyl (C=O) groups excluding carboxylic acids is 2. The fourth-order valence-electron chi connectivity index (χ4n) is 0.837. The van der Waals surface area contributed by atoms with E-state index in [1.807, 2.05) is 13.8 Å². The van der Waals surface area contributed by atoms with Crippen molar-refractivity contribution in [3.63, 3.8) is 0 Å². The lowest BCUT2D eigenvalue weighted by Crippen LogP contribution is -2.43. The van der Waals surface area contributed by atoms with Crippen LogP contribution in [0.1, 0.15) is 27.7 Å². The average Bonchev–Trinajstić information content (AvgIpc) is 2.43. The Kier molecular flexibility index (Phi) is 13.9. The maximum Gasteiger partial charge on any atom is 0.510 e. The zero-order valence-corrected chi connectivity index (χ0v) is 12.4. The molecule has 0 fully saturated rings. The number of hydrazone groups is 1. The molecule has 0 aliphatic rings. The fraction of sp³-hybridized carbons (Fsp3) is 0.727. The third-order valence-corrected chi connectivity index (χ3v) is 1.60. The number of nitrogens with two attached hydrogens (primary N) is 2. The first-order valence-corrected chi connectivity index (χ1v) is 6.17. The Balaban J connectivity index is 0.